The van der Waals surface area contributed by atoms with Gasteiger partial charge in [0.2, 0.25) is 11.9 Å². The van der Waals surface area contributed by atoms with Crippen LogP contribution in [0.2, 0.25) is 0 Å². The van der Waals surface area contributed by atoms with E-state index in [9.17, 15) is 0 Å². The molecular weight excluding hydrogens is 230 g/mol. The molecule has 1 aromatic carbocycles. The summed E-state index contributed by atoms with van der Waals surface area (Å²) in [5, 5.41) is 8.06. The number of nitrogen functional groups attached to an aromatic ring is 2. The van der Waals surface area contributed by atoms with Crippen LogP contribution in [0.3, 0.4) is 0 Å². The van der Waals surface area contributed by atoms with Crippen molar-refractivity contribution in [1.82, 2.24) is 24.6 Å². The zero-order valence-corrected chi connectivity index (χ0v) is 9.70. The Morgan fingerprint density at radius 1 is 1.06 bits per heavy atom. The van der Waals surface area contributed by atoms with Crippen LogP contribution in [0.1, 0.15) is 5.56 Å². The molecule has 0 saturated heterocycles. The molecule has 2 aromatic heterocycles. The molecule has 0 bridgehead atoms. The first-order valence-corrected chi connectivity index (χ1v) is 5.37. The number of aromatic nitrogens is 5. The average molecular weight is 241 g/mol. The fourth-order valence-electron chi connectivity index (χ4n) is 1.85. The van der Waals surface area contributed by atoms with Gasteiger partial charge in [-0.3, -0.25) is 0 Å². The molecule has 0 aliphatic carbocycles. The Morgan fingerprint density at radius 2 is 1.83 bits per heavy atom. The van der Waals surface area contributed by atoms with Crippen molar-refractivity contribution in [1.29, 1.82) is 0 Å². The number of benzene rings is 1. The fraction of sp³-hybridized carbons (Fsp3) is 0.0909. The minimum Gasteiger partial charge on any atom is -0.369 e. The lowest BCUT2D eigenvalue weighted by atomic mass is 10.1. The summed E-state index contributed by atoms with van der Waals surface area (Å²) < 4.78 is 1.58. The highest BCUT2D eigenvalue weighted by atomic mass is 15.3. The molecule has 0 unspecified atom stereocenters. The van der Waals surface area contributed by atoms with E-state index in [0.29, 0.717) is 11.6 Å². The van der Waals surface area contributed by atoms with Gasteiger partial charge in [-0.2, -0.15) is 9.97 Å². The van der Waals surface area contributed by atoms with Crippen LogP contribution in [0.5, 0.6) is 0 Å². The van der Waals surface area contributed by atoms with Crippen LogP contribution in [0.15, 0.2) is 24.3 Å². The van der Waals surface area contributed by atoms with E-state index in [-0.39, 0.29) is 11.9 Å². The molecular formula is C11H11N7. The maximum Gasteiger partial charge on any atom is 0.261 e. The monoisotopic (exact) mass is 241 g/mol. The summed E-state index contributed by atoms with van der Waals surface area (Å²) in [6.45, 7) is 1.99. The maximum absolute atomic E-state index is 5.84. The van der Waals surface area contributed by atoms with E-state index in [1.54, 1.807) is 4.40 Å². The van der Waals surface area contributed by atoms with E-state index < -0.39 is 0 Å². The molecule has 0 aliphatic heterocycles. The lowest BCUT2D eigenvalue weighted by Crippen LogP contribution is -2.07. The topological polar surface area (TPSA) is 108 Å². The smallest absolute Gasteiger partial charge is 0.261 e. The van der Waals surface area contributed by atoms with Gasteiger partial charge in [0.25, 0.3) is 5.78 Å². The molecule has 7 nitrogen and oxygen atoms in total. The Morgan fingerprint density at radius 3 is 2.61 bits per heavy atom. The van der Waals surface area contributed by atoms with Crippen LogP contribution < -0.4 is 11.5 Å². The third kappa shape index (κ3) is 1.45. The van der Waals surface area contributed by atoms with Crippen molar-refractivity contribution in [3.8, 4) is 11.4 Å². The zero-order chi connectivity index (χ0) is 12.7. The van der Waals surface area contributed by atoms with Crippen molar-refractivity contribution < 1.29 is 0 Å². The van der Waals surface area contributed by atoms with Crippen molar-refractivity contribution >= 4 is 17.7 Å². The highest BCUT2D eigenvalue weighted by Crippen LogP contribution is 2.22. The van der Waals surface area contributed by atoms with Gasteiger partial charge in [0.05, 0.1) is 0 Å². The quantitative estimate of drug-likeness (QED) is 0.647. The van der Waals surface area contributed by atoms with Crippen LogP contribution in [0.25, 0.3) is 17.2 Å². The second-order valence-electron chi connectivity index (χ2n) is 3.91. The first-order chi connectivity index (χ1) is 8.66. The van der Waals surface area contributed by atoms with Crippen molar-refractivity contribution in [2.24, 2.45) is 0 Å². The molecule has 18 heavy (non-hydrogen) atoms. The first kappa shape index (κ1) is 10.5. The predicted octanol–water partition coefficient (Wildman–Crippen LogP) is 0.659. The van der Waals surface area contributed by atoms with Gasteiger partial charge in [0, 0.05) is 5.56 Å². The molecule has 3 aromatic rings. The maximum atomic E-state index is 5.84. The highest BCUT2D eigenvalue weighted by Gasteiger charge is 2.14. The molecule has 3 rings (SSSR count). The second-order valence-corrected chi connectivity index (χ2v) is 3.91. The van der Waals surface area contributed by atoms with Gasteiger partial charge in [-0.05, 0) is 12.5 Å². The molecule has 0 saturated carbocycles. The van der Waals surface area contributed by atoms with E-state index in [4.69, 9.17) is 11.5 Å². The molecule has 7 heteroatoms. The number of fused-ring (bicyclic) bond motifs is 1. The van der Waals surface area contributed by atoms with Gasteiger partial charge >= 0.3 is 0 Å². The van der Waals surface area contributed by atoms with Crippen molar-refractivity contribution in [3.63, 3.8) is 0 Å². The number of rotatable bonds is 1. The number of nitrogens with zero attached hydrogens (tertiary/aromatic N) is 5. The van der Waals surface area contributed by atoms with Gasteiger partial charge in [0.15, 0.2) is 5.82 Å². The largest absolute Gasteiger partial charge is 0.369 e. The third-order valence-corrected chi connectivity index (χ3v) is 2.70. The fourth-order valence-corrected chi connectivity index (χ4v) is 1.85. The molecule has 0 atom stereocenters. The summed E-state index contributed by atoms with van der Waals surface area (Å²) >= 11 is 0. The summed E-state index contributed by atoms with van der Waals surface area (Å²) in [4.78, 5) is 7.91. The van der Waals surface area contributed by atoms with Gasteiger partial charge < -0.3 is 11.5 Å². The Hall–Kier alpha value is -2.70. The Balaban J connectivity index is 2.35. The van der Waals surface area contributed by atoms with Crippen molar-refractivity contribution in [2.45, 2.75) is 6.92 Å². The van der Waals surface area contributed by atoms with Crippen molar-refractivity contribution in [3.05, 3.63) is 29.8 Å². The van der Waals surface area contributed by atoms with Gasteiger partial charge in [0.1, 0.15) is 0 Å². The summed E-state index contributed by atoms with van der Waals surface area (Å²) in [5.41, 5.74) is 13.4. The van der Waals surface area contributed by atoms with E-state index in [2.05, 4.69) is 20.2 Å². The molecule has 2 heterocycles. The molecule has 0 radical (unpaired) electrons. The Labute approximate surface area is 102 Å². The Kier molecular flexibility index (Phi) is 2.12. The van der Waals surface area contributed by atoms with Gasteiger partial charge in [-0.25, -0.2) is 4.40 Å². The predicted molar refractivity (Wildman–Crippen MR) is 67.6 cm³/mol. The van der Waals surface area contributed by atoms with E-state index in [0.717, 1.165) is 11.1 Å². The van der Waals surface area contributed by atoms with Crippen LogP contribution in [0.4, 0.5) is 11.9 Å². The summed E-state index contributed by atoms with van der Waals surface area (Å²) in [6.07, 6.45) is 0. The van der Waals surface area contributed by atoms with Crippen LogP contribution in [0, 0.1) is 6.92 Å². The SMILES string of the molecule is Cc1ccccc1-c1nnc2nc(N)nc(N)n12. The summed E-state index contributed by atoms with van der Waals surface area (Å²) in [7, 11) is 0. The summed E-state index contributed by atoms with van der Waals surface area (Å²) in [5.74, 6) is 1.27. The minimum absolute atomic E-state index is 0.0868. The number of aryl methyl sites for hydroxylation is 1. The lowest BCUT2D eigenvalue weighted by molar-refractivity contribution is 1.04. The number of nitrogens with two attached hydrogens (primary N) is 2. The third-order valence-electron chi connectivity index (χ3n) is 2.70. The average Bonchev–Trinajstić information content (AvgIpc) is 2.73. The molecule has 0 aliphatic rings. The van der Waals surface area contributed by atoms with Gasteiger partial charge in [-0.1, -0.05) is 24.3 Å². The lowest BCUT2D eigenvalue weighted by Gasteiger charge is -2.05. The molecule has 0 spiro atoms. The Bertz CT molecular complexity index is 731. The zero-order valence-electron chi connectivity index (χ0n) is 9.70. The molecule has 90 valence electrons. The number of anilines is 2. The normalized spacial score (nSPS) is 10.9. The number of hydrogen-bond acceptors (Lipinski definition) is 6. The van der Waals surface area contributed by atoms with Crippen LogP contribution in [-0.4, -0.2) is 24.6 Å². The van der Waals surface area contributed by atoms with Gasteiger partial charge in [-0.15, -0.1) is 10.2 Å². The molecule has 4 N–H and O–H groups in total. The molecule has 0 amide bonds. The highest BCUT2D eigenvalue weighted by molar-refractivity contribution is 5.64. The van der Waals surface area contributed by atoms with Crippen molar-refractivity contribution in [2.75, 3.05) is 11.5 Å². The van der Waals surface area contributed by atoms with Crippen LogP contribution >= 0.6 is 0 Å². The first-order valence-electron chi connectivity index (χ1n) is 5.37. The van der Waals surface area contributed by atoms with E-state index in [1.165, 1.54) is 0 Å². The molecule has 0 fully saturated rings. The van der Waals surface area contributed by atoms with Crippen LogP contribution in [-0.2, 0) is 0 Å². The summed E-state index contributed by atoms with van der Waals surface area (Å²) in [6, 6.07) is 7.82. The number of hydrogen-bond donors (Lipinski definition) is 2. The second kappa shape index (κ2) is 3.66. The van der Waals surface area contributed by atoms with E-state index >= 15 is 0 Å². The minimum atomic E-state index is 0.0868. The standard InChI is InChI=1S/C11H11N7/c1-6-4-2-3-5-7(6)8-16-17-11-15-9(12)14-10(13)18(8)11/h2-5H,1H3,(H4,12,13,14,15,17). The van der Waals surface area contributed by atoms with E-state index in [1.807, 2.05) is 31.2 Å².